The lowest BCUT2D eigenvalue weighted by Crippen LogP contribution is -2.33. The number of thioether (sulfide) groups is 1. The number of benzene rings is 1. The molecule has 0 unspecified atom stereocenters. The fourth-order valence-corrected chi connectivity index (χ4v) is 2.16. The van der Waals surface area contributed by atoms with E-state index in [1.807, 2.05) is 13.0 Å². The van der Waals surface area contributed by atoms with Crippen LogP contribution in [0.5, 0.6) is 5.75 Å². The standard InChI is InChI=1S/C13H18N2O4S/c1-2-19-11-6-4-3-5-10(11)15-12(16)8-20-7-9(14)13(17)18/h3-6,9H,2,7-8,14H2,1H3,(H,15,16)(H,17,18)/t9-/m0/s1. The minimum absolute atomic E-state index is 0.140. The number of carboxylic acid groups (broad SMARTS) is 1. The van der Waals surface area contributed by atoms with Gasteiger partial charge >= 0.3 is 5.97 Å². The first-order valence-corrected chi connectivity index (χ1v) is 7.27. The van der Waals surface area contributed by atoms with Crippen LogP contribution in [0.4, 0.5) is 5.69 Å². The van der Waals surface area contributed by atoms with E-state index in [1.165, 1.54) is 11.8 Å². The van der Waals surface area contributed by atoms with E-state index in [1.54, 1.807) is 18.2 Å². The molecule has 0 bridgehead atoms. The van der Waals surface area contributed by atoms with Crippen LogP contribution in [0.3, 0.4) is 0 Å². The third kappa shape index (κ3) is 5.50. The van der Waals surface area contributed by atoms with E-state index in [-0.39, 0.29) is 17.4 Å². The fourth-order valence-electron chi connectivity index (χ4n) is 1.39. The van der Waals surface area contributed by atoms with Crippen LogP contribution >= 0.6 is 11.8 Å². The van der Waals surface area contributed by atoms with Crippen LogP contribution in [0, 0.1) is 0 Å². The Balaban J connectivity index is 2.44. The molecule has 6 nitrogen and oxygen atoms in total. The van der Waals surface area contributed by atoms with Crippen molar-refractivity contribution in [2.75, 3.05) is 23.4 Å². The predicted octanol–water partition coefficient (Wildman–Crippen LogP) is 1.17. The zero-order valence-electron chi connectivity index (χ0n) is 11.2. The van der Waals surface area contributed by atoms with Gasteiger partial charge in [-0.25, -0.2) is 0 Å². The van der Waals surface area contributed by atoms with Crippen LogP contribution in [0.1, 0.15) is 6.92 Å². The van der Waals surface area contributed by atoms with Gasteiger partial charge in [-0.1, -0.05) is 12.1 Å². The number of anilines is 1. The van der Waals surface area contributed by atoms with Crippen molar-refractivity contribution in [3.63, 3.8) is 0 Å². The Labute approximate surface area is 121 Å². The molecule has 0 aliphatic carbocycles. The number of rotatable bonds is 8. The monoisotopic (exact) mass is 298 g/mol. The molecule has 0 fully saturated rings. The summed E-state index contributed by atoms with van der Waals surface area (Å²) in [6.07, 6.45) is 0. The Hall–Kier alpha value is -1.73. The first kappa shape index (κ1) is 16.3. The molecule has 1 amide bonds. The van der Waals surface area contributed by atoms with Gasteiger partial charge in [0.25, 0.3) is 0 Å². The number of amides is 1. The zero-order valence-corrected chi connectivity index (χ0v) is 12.0. The van der Waals surface area contributed by atoms with Crippen molar-refractivity contribution in [1.29, 1.82) is 0 Å². The summed E-state index contributed by atoms with van der Waals surface area (Å²) >= 11 is 1.18. The van der Waals surface area contributed by atoms with Crippen molar-refractivity contribution in [1.82, 2.24) is 0 Å². The molecule has 0 aliphatic rings. The molecule has 1 aromatic rings. The van der Waals surface area contributed by atoms with E-state index < -0.39 is 12.0 Å². The molecule has 0 saturated heterocycles. The molecule has 0 aromatic heterocycles. The smallest absolute Gasteiger partial charge is 0.321 e. The predicted molar refractivity (Wildman–Crippen MR) is 79.2 cm³/mol. The highest BCUT2D eigenvalue weighted by Gasteiger charge is 2.13. The molecule has 4 N–H and O–H groups in total. The SMILES string of the molecule is CCOc1ccccc1NC(=O)CSC[C@H](N)C(=O)O. The zero-order chi connectivity index (χ0) is 15.0. The number of nitrogens with one attached hydrogen (secondary N) is 1. The molecule has 0 saturated carbocycles. The average molecular weight is 298 g/mol. The van der Waals surface area contributed by atoms with Gasteiger partial charge in [-0.05, 0) is 19.1 Å². The van der Waals surface area contributed by atoms with Crippen molar-refractivity contribution < 1.29 is 19.4 Å². The van der Waals surface area contributed by atoms with E-state index in [4.69, 9.17) is 15.6 Å². The third-order valence-corrected chi connectivity index (χ3v) is 3.37. The number of para-hydroxylation sites is 2. The Morgan fingerprint density at radius 1 is 1.45 bits per heavy atom. The van der Waals surface area contributed by atoms with Crippen LogP contribution < -0.4 is 15.8 Å². The maximum Gasteiger partial charge on any atom is 0.321 e. The highest BCUT2D eigenvalue weighted by Crippen LogP contribution is 2.23. The molecule has 0 radical (unpaired) electrons. The maximum atomic E-state index is 11.7. The van der Waals surface area contributed by atoms with Crippen molar-refractivity contribution >= 4 is 29.3 Å². The van der Waals surface area contributed by atoms with Crippen LogP contribution in [-0.2, 0) is 9.59 Å². The van der Waals surface area contributed by atoms with Gasteiger partial charge in [0.1, 0.15) is 11.8 Å². The van der Waals surface area contributed by atoms with Gasteiger partial charge in [0.2, 0.25) is 5.91 Å². The van der Waals surface area contributed by atoms with Gasteiger partial charge in [0.15, 0.2) is 0 Å². The van der Waals surface area contributed by atoms with E-state index in [2.05, 4.69) is 5.32 Å². The lowest BCUT2D eigenvalue weighted by molar-refractivity contribution is -0.137. The lowest BCUT2D eigenvalue weighted by Gasteiger charge is -2.11. The van der Waals surface area contributed by atoms with Crippen LogP contribution in [0.15, 0.2) is 24.3 Å². The van der Waals surface area contributed by atoms with E-state index in [9.17, 15) is 9.59 Å². The average Bonchev–Trinajstić information content (AvgIpc) is 2.41. The Morgan fingerprint density at radius 2 is 2.15 bits per heavy atom. The number of aliphatic carboxylic acids is 1. The Bertz CT molecular complexity index is 467. The number of carbonyl (C=O) groups excluding carboxylic acids is 1. The second kappa shape index (κ2) is 8.44. The summed E-state index contributed by atoms with van der Waals surface area (Å²) in [4.78, 5) is 22.3. The minimum atomic E-state index is -1.07. The number of hydrogen-bond acceptors (Lipinski definition) is 5. The quantitative estimate of drug-likeness (QED) is 0.666. The van der Waals surface area contributed by atoms with Gasteiger partial charge in [0.05, 0.1) is 18.0 Å². The first-order chi connectivity index (χ1) is 9.54. The van der Waals surface area contributed by atoms with Gasteiger partial charge in [-0.3, -0.25) is 9.59 Å². The van der Waals surface area contributed by atoms with Crippen LogP contribution in [0.2, 0.25) is 0 Å². The van der Waals surface area contributed by atoms with E-state index >= 15 is 0 Å². The van der Waals surface area contributed by atoms with Gasteiger partial charge in [-0.15, -0.1) is 11.8 Å². The summed E-state index contributed by atoms with van der Waals surface area (Å²) in [5.74, 6) is -0.355. The fraction of sp³-hybridized carbons (Fsp3) is 0.385. The van der Waals surface area contributed by atoms with Crippen molar-refractivity contribution in [2.24, 2.45) is 5.73 Å². The molecule has 110 valence electrons. The van der Waals surface area contributed by atoms with Gasteiger partial charge in [-0.2, -0.15) is 0 Å². The molecule has 20 heavy (non-hydrogen) atoms. The Kier molecular flexibility index (Phi) is 6.89. The number of carboxylic acids is 1. The second-order valence-electron chi connectivity index (χ2n) is 3.94. The number of ether oxygens (including phenoxy) is 1. The van der Waals surface area contributed by atoms with Crippen LogP contribution in [-0.4, -0.2) is 41.1 Å². The first-order valence-electron chi connectivity index (χ1n) is 6.12. The van der Waals surface area contributed by atoms with Crippen molar-refractivity contribution in [3.8, 4) is 5.75 Å². The van der Waals surface area contributed by atoms with E-state index in [0.29, 0.717) is 18.0 Å². The van der Waals surface area contributed by atoms with Gasteiger partial charge < -0.3 is 20.9 Å². The topological polar surface area (TPSA) is 102 Å². The summed E-state index contributed by atoms with van der Waals surface area (Å²) in [5.41, 5.74) is 5.95. The number of nitrogens with two attached hydrogens (primary N) is 1. The molecule has 1 aromatic carbocycles. The number of carbonyl (C=O) groups is 2. The molecule has 0 heterocycles. The summed E-state index contributed by atoms with van der Waals surface area (Å²) < 4.78 is 5.39. The van der Waals surface area contributed by atoms with E-state index in [0.717, 1.165) is 0 Å². The molecule has 0 spiro atoms. The molecule has 7 heteroatoms. The second-order valence-corrected chi connectivity index (χ2v) is 4.97. The highest BCUT2D eigenvalue weighted by molar-refractivity contribution is 8.00. The largest absolute Gasteiger partial charge is 0.492 e. The normalized spacial score (nSPS) is 11.7. The Morgan fingerprint density at radius 3 is 2.80 bits per heavy atom. The summed E-state index contributed by atoms with van der Waals surface area (Å²) in [7, 11) is 0. The van der Waals surface area contributed by atoms with Crippen LogP contribution in [0.25, 0.3) is 0 Å². The van der Waals surface area contributed by atoms with Gasteiger partial charge in [0, 0.05) is 5.75 Å². The minimum Gasteiger partial charge on any atom is -0.492 e. The summed E-state index contributed by atoms with van der Waals surface area (Å²) in [5, 5.41) is 11.3. The van der Waals surface area contributed by atoms with Crippen molar-refractivity contribution in [3.05, 3.63) is 24.3 Å². The number of hydrogen-bond donors (Lipinski definition) is 3. The molecule has 0 aliphatic heterocycles. The maximum absolute atomic E-state index is 11.7. The summed E-state index contributed by atoms with van der Waals surface area (Å²) in [6.45, 7) is 2.37. The molecule has 1 rings (SSSR count). The third-order valence-electron chi connectivity index (χ3n) is 2.31. The lowest BCUT2D eigenvalue weighted by atomic mass is 10.3. The summed E-state index contributed by atoms with van der Waals surface area (Å²) in [6, 6.07) is 6.18. The highest BCUT2D eigenvalue weighted by atomic mass is 32.2. The molecule has 1 atom stereocenters. The molecular weight excluding hydrogens is 280 g/mol. The molecular formula is C13H18N2O4S. The van der Waals surface area contributed by atoms with Crippen molar-refractivity contribution in [2.45, 2.75) is 13.0 Å².